The van der Waals surface area contributed by atoms with E-state index in [4.69, 9.17) is 0 Å². The van der Waals surface area contributed by atoms with Crippen LogP contribution in [0.5, 0.6) is 0 Å². The molecule has 6 nitrogen and oxygen atoms in total. The molecule has 3 aromatic rings. The monoisotopic (exact) mass is 353 g/mol. The molecule has 132 valence electrons. The molecule has 0 aliphatic rings. The summed E-state index contributed by atoms with van der Waals surface area (Å²) in [5.74, 6) is -0.954. The highest BCUT2D eigenvalue weighted by molar-refractivity contribution is 6.12. The second-order valence-corrected chi connectivity index (χ2v) is 5.88. The van der Waals surface area contributed by atoms with Crippen molar-refractivity contribution in [1.82, 2.24) is 4.98 Å². The van der Waals surface area contributed by atoms with Crippen LogP contribution in [0.25, 0.3) is 10.9 Å². The lowest BCUT2D eigenvalue weighted by molar-refractivity contribution is -0.385. The summed E-state index contributed by atoms with van der Waals surface area (Å²) in [7, 11) is 0. The van der Waals surface area contributed by atoms with Crippen molar-refractivity contribution in [3.8, 4) is 0 Å². The molecular weight excluding hydrogens is 337 g/mol. The Kier molecular flexibility index (Phi) is 4.62. The van der Waals surface area contributed by atoms with E-state index in [1.54, 1.807) is 25.1 Å². The van der Waals surface area contributed by atoms with Gasteiger partial charge in [-0.25, -0.2) is 4.39 Å². The van der Waals surface area contributed by atoms with Gasteiger partial charge in [-0.2, -0.15) is 0 Å². The van der Waals surface area contributed by atoms with E-state index in [0.717, 1.165) is 0 Å². The van der Waals surface area contributed by atoms with Crippen LogP contribution in [0, 0.1) is 22.9 Å². The molecule has 26 heavy (non-hydrogen) atoms. The van der Waals surface area contributed by atoms with Crippen LogP contribution in [0.2, 0.25) is 0 Å². The number of anilines is 1. The van der Waals surface area contributed by atoms with Crippen molar-refractivity contribution in [2.24, 2.45) is 0 Å². The second kappa shape index (κ2) is 6.87. The SMILES string of the molecule is CCc1ccc(NC(=O)c2cc(C)nc3ccc(F)cc23)cc1[N+](=O)[O-]. The Morgan fingerprint density at radius 1 is 1.23 bits per heavy atom. The zero-order valence-electron chi connectivity index (χ0n) is 14.2. The molecule has 0 saturated carbocycles. The van der Waals surface area contributed by atoms with Gasteiger partial charge in [-0.15, -0.1) is 0 Å². The number of halogens is 1. The Balaban J connectivity index is 2.01. The number of pyridine rings is 1. The molecule has 0 aliphatic carbocycles. The maximum Gasteiger partial charge on any atom is 0.274 e. The molecule has 0 spiro atoms. The fourth-order valence-electron chi connectivity index (χ4n) is 2.83. The third-order valence-corrected chi connectivity index (χ3v) is 4.06. The number of carbonyl (C=O) groups excluding carboxylic acids is 1. The summed E-state index contributed by atoms with van der Waals surface area (Å²) in [6, 6.07) is 10.2. The first-order chi connectivity index (χ1) is 12.4. The van der Waals surface area contributed by atoms with Crippen LogP contribution in [-0.2, 0) is 6.42 Å². The number of amides is 1. The number of hydrogen-bond acceptors (Lipinski definition) is 4. The van der Waals surface area contributed by atoms with Crippen molar-refractivity contribution in [3.05, 3.63) is 75.2 Å². The predicted octanol–water partition coefficient (Wildman–Crippen LogP) is 4.41. The van der Waals surface area contributed by atoms with Crippen molar-refractivity contribution in [2.45, 2.75) is 20.3 Å². The van der Waals surface area contributed by atoms with Gasteiger partial charge in [0.05, 0.1) is 16.0 Å². The van der Waals surface area contributed by atoms with Gasteiger partial charge in [0, 0.05) is 28.4 Å². The Morgan fingerprint density at radius 3 is 2.69 bits per heavy atom. The molecule has 0 aliphatic heterocycles. The Bertz CT molecular complexity index is 1030. The lowest BCUT2D eigenvalue weighted by Gasteiger charge is -2.10. The third-order valence-electron chi connectivity index (χ3n) is 4.06. The van der Waals surface area contributed by atoms with E-state index in [1.165, 1.54) is 24.3 Å². The quantitative estimate of drug-likeness (QED) is 0.556. The summed E-state index contributed by atoms with van der Waals surface area (Å²) in [4.78, 5) is 27.7. The number of fused-ring (bicyclic) bond motifs is 1. The highest BCUT2D eigenvalue weighted by Crippen LogP contribution is 2.25. The van der Waals surface area contributed by atoms with E-state index in [-0.39, 0.29) is 11.3 Å². The molecule has 2 aromatic carbocycles. The molecule has 0 saturated heterocycles. The Morgan fingerprint density at radius 2 is 2.00 bits per heavy atom. The van der Waals surface area contributed by atoms with Gasteiger partial charge in [0.2, 0.25) is 0 Å². The molecule has 1 heterocycles. The van der Waals surface area contributed by atoms with Gasteiger partial charge in [-0.05, 0) is 43.7 Å². The van der Waals surface area contributed by atoms with Crippen molar-refractivity contribution < 1.29 is 14.1 Å². The highest BCUT2D eigenvalue weighted by atomic mass is 19.1. The lowest BCUT2D eigenvalue weighted by atomic mass is 10.1. The number of carbonyl (C=O) groups is 1. The summed E-state index contributed by atoms with van der Waals surface area (Å²) in [6.07, 6.45) is 0.512. The van der Waals surface area contributed by atoms with Crippen LogP contribution < -0.4 is 5.32 Å². The molecule has 1 aromatic heterocycles. The number of aromatic nitrogens is 1. The zero-order valence-corrected chi connectivity index (χ0v) is 14.2. The fourth-order valence-corrected chi connectivity index (χ4v) is 2.83. The minimum absolute atomic E-state index is 0.0490. The molecular formula is C19H16FN3O3. The van der Waals surface area contributed by atoms with E-state index < -0.39 is 16.6 Å². The summed E-state index contributed by atoms with van der Waals surface area (Å²) in [5.41, 5.74) is 2.21. The van der Waals surface area contributed by atoms with Gasteiger partial charge in [0.1, 0.15) is 5.82 Å². The fraction of sp³-hybridized carbons (Fsp3) is 0.158. The van der Waals surface area contributed by atoms with Crippen molar-refractivity contribution >= 4 is 28.2 Å². The summed E-state index contributed by atoms with van der Waals surface area (Å²) >= 11 is 0. The number of nitrogens with zero attached hydrogens (tertiary/aromatic N) is 2. The molecule has 0 fully saturated rings. The average Bonchev–Trinajstić information content (AvgIpc) is 2.61. The Hall–Kier alpha value is -3.35. The third kappa shape index (κ3) is 3.37. The Labute approximate surface area is 148 Å². The van der Waals surface area contributed by atoms with E-state index >= 15 is 0 Å². The number of benzene rings is 2. The van der Waals surface area contributed by atoms with Crippen molar-refractivity contribution in [2.75, 3.05) is 5.32 Å². The van der Waals surface area contributed by atoms with Gasteiger partial charge in [-0.3, -0.25) is 19.9 Å². The van der Waals surface area contributed by atoms with E-state index in [0.29, 0.717) is 34.3 Å². The van der Waals surface area contributed by atoms with Crippen molar-refractivity contribution in [1.29, 1.82) is 0 Å². The minimum atomic E-state index is -0.482. The van der Waals surface area contributed by atoms with Gasteiger partial charge in [0.25, 0.3) is 11.6 Å². The van der Waals surface area contributed by atoms with E-state index in [9.17, 15) is 19.3 Å². The number of rotatable bonds is 4. The van der Waals surface area contributed by atoms with Crippen LogP contribution in [0.1, 0.15) is 28.5 Å². The normalized spacial score (nSPS) is 10.7. The number of aryl methyl sites for hydroxylation is 2. The molecule has 1 N–H and O–H groups in total. The van der Waals surface area contributed by atoms with Gasteiger partial charge >= 0.3 is 0 Å². The average molecular weight is 353 g/mol. The first-order valence-corrected chi connectivity index (χ1v) is 8.04. The first-order valence-electron chi connectivity index (χ1n) is 8.04. The molecule has 7 heteroatoms. The van der Waals surface area contributed by atoms with Gasteiger partial charge in [-0.1, -0.05) is 13.0 Å². The molecule has 0 atom stereocenters. The summed E-state index contributed by atoms with van der Waals surface area (Å²) in [5, 5.41) is 14.2. The summed E-state index contributed by atoms with van der Waals surface area (Å²) < 4.78 is 13.6. The predicted molar refractivity (Wildman–Crippen MR) is 96.9 cm³/mol. The van der Waals surface area contributed by atoms with Crippen LogP contribution >= 0.6 is 0 Å². The zero-order chi connectivity index (χ0) is 18.8. The van der Waals surface area contributed by atoms with E-state index in [2.05, 4.69) is 10.3 Å². The maximum absolute atomic E-state index is 13.6. The first kappa shape index (κ1) is 17.5. The number of nitro benzene ring substituents is 1. The maximum atomic E-state index is 13.6. The standard InChI is InChI=1S/C19H16FN3O3/c1-3-12-4-6-14(10-18(12)23(25)26)22-19(24)16-8-11(2)21-17-7-5-13(20)9-15(16)17/h4-10H,3H2,1-2H3,(H,22,24). The smallest absolute Gasteiger partial charge is 0.274 e. The summed E-state index contributed by atoms with van der Waals surface area (Å²) in [6.45, 7) is 3.56. The molecule has 0 bridgehead atoms. The van der Waals surface area contributed by atoms with Crippen molar-refractivity contribution in [3.63, 3.8) is 0 Å². The number of nitro groups is 1. The highest BCUT2D eigenvalue weighted by Gasteiger charge is 2.17. The molecule has 1 amide bonds. The largest absolute Gasteiger partial charge is 0.322 e. The molecule has 3 rings (SSSR count). The number of nitrogens with one attached hydrogen (secondary N) is 1. The minimum Gasteiger partial charge on any atom is -0.322 e. The van der Waals surface area contributed by atoms with Gasteiger partial charge in [0.15, 0.2) is 0 Å². The molecule has 0 unspecified atom stereocenters. The second-order valence-electron chi connectivity index (χ2n) is 5.88. The molecule has 0 radical (unpaired) electrons. The number of hydrogen-bond donors (Lipinski definition) is 1. The van der Waals surface area contributed by atoms with Gasteiger partial charge < -0.3 is 5.32 Å². The van der Waals surface area contributed by atoms with E-state index in [1.807, 2.05) is 6.92 Å². The van der Waals surface area contributed by atoms with Crippen LogP contribution in [0.15, 0.2) is 42.5 Å². The lowest BCUT2D eigenvalue weighted by Crippen LogP contribution is -2.13. The van der Waals surface area contributed by atoms with Crippen LogP contribution in [-0.4, -0.2) is 15.8 Å². The van der Waals surface area contributed by atoms with Crippen LogP contribution in [0.4, 0.5) is 15.8 Å². The van der Waals surface area contributed by atoms with Crippen LogP contribution in [0.3, 0.4) is 0 Å². The topological polar surface area (TPSA) is 85.1 Å².